The Bertz CT molecular complexity index is 289. The van der Waals surface area contributed by atoms with E-state index in [0.29, 0.717) is 0 Å². The Morgan fingerprint density at radius 2 is 1.83 bits per heavy atom. The van der Waals surface area contributed by atoms with Crippen LogP contribution in [0.3, 0.4) is 0 Å². The van der Waals surface area contributed by atoms with Crippen LogP contribution in [0, 0.1) is 17.3 Å². The van der Waals surface area contributed by atoms with Crippen molar-refractivity contribution < 1.29 is 9.90 Å². The normalized spacial score (nSPS) is 28.6. The van der Waals surface area contributed by atoms with Gasteiger partial charge in [0.05, 0.1) is 5.41 Å². The van der Waals surface area contributed by atoms with Gasteiger partial charge >= 0.3 is 5.97 Å². The number of unbranched alkanes of at least 4 members (excludes halogenated alkanes) is 1. The average Bonchev–Trinajstić information content (AvgIpc) is 2.84. The molecule has 0 bridgehead atoms. The van der Waals surface area contributed by atoms with Crippen molar-refractivity contribution >= 4 is 5.97 Å². The molecule has 3 heteroatoms. The van der Waals surface area contributed by atoms with Crippen molar-refractivity contribution in [3.63, 3.8) is 0 Å². The fourth-order valence-electron chi connectivity index (χ4n) is 3.52. The van der Waals surface area contributed by atoms with E-state index in [0.717, 1.165) is 31.1 Å². The Morgan fingerprint density at radius 3 is 2.39 bits per heavy atom. The Morgan fingerprint density at radius 1 is 1.22 bits per heavy atom. The molecule has 1 aliphatic heterocycles. The van der Waals surface area contributed by atoms with Crippen molar-refractivity contribution in [2.75, 3.05) is 19.6 Å². The SMILES string of the molecule is CC(C)(CCCCN1CC2CCCC2C1)C(=O)O. The minimum atomic E-state index is -0.668. The van der Waals surface area contributed by atoms with Crippen LogP contribution in [0.15, 0.2) is 0 Å². The molecule has 0 aromatic carbocycles. The van der Waals surface area contributed by atoms with Gasteiger partial charge in [-0.3, -0.25) is 4.79 Å². The standard InChI is InChI=1S/C15H27NO2/c1-15(2,14(17)18)8-3-4-9-16-10-12-6-5-7-13(12)11-16/h12-13H,3-11H2,1-2H3,(H,17,18). The van der Waals surface area contributed by atoms with Gasteiger partial charge in [-0.15, -0.1) is 0 Å². The van der Waals surface area contributed by atoms with Crippen LogP contribution in [-0.2, 0) is 4.79 Å². The summed E-state index contributed by atoms with van der Waals surface area (Å²) >= 11 is 0. The number of hydrogen-bond acceptors (Lipinski definition) is 2. The Balaban J connectivity index is 1.61. The third-order valence-electron chi connectivity index (χ3n) is 4.91. The van der Waals surface area contributed by atoms with E-state index in [2.05, 4.69) is 4.90 Å². The number of carboxylic acids is 1. The molecule has 0 spiro atoms. The maximum absolute atomic E-state index is 11.0. The molecule has 2 fully saturated rings. The highest BCUT2D eigenvalue weighted by Crippen LogP contribution is 2.37. The molecule has 0 aromatic heterocycles. The summed E-state index contributed by atoms with van der Waals surface area (Å²) in [6, 6.07) is 0. The summed E-state index contributed by atoms with van der Waals surface area (Å²) in [4.78, 5) is 13.6. The van der Waals surface area contributed by atoms with Crippen molar-refractivity contribution in [1.29, 1.82) is 0 Å². The van der Waals surface area contributed by atoms with Gasteiger partial charge in [-0.2, -0.15) is 0 Å². The van der Waals surface area contributed by atoms with Gasteiger partial charge in [0.2, 0.25) is 0 Å². The lowest BCUT2D eigenvalue weighted by Gasteiger charge is -2.20. The van der Waals surface area contributed by atoms with E-state index in [1.165, 1.54) is 38.9 Å². The van der Waals surface area contributed by atoms with Gasteiger partial charge < -0.3 is 10.0 Å². The molecule has 1 N–H and O–H groups in total. The molecular formula is C15H27NO2. The van der Waals surface area contributed by atoms with E-state index < -0.39 is 11.4 Å². The summed E-state index contributed by atoms with van der Waals surface area (Å²) in [5.41, 5.74) is -0.554. The highest BCUT2D eigenvalue weighted by atomic mass is 16.4. The second-order valence-corrected chi connectivity index (χ2v) is 6.86. The van der Waals surface area contributed by atoms with Crippen molar-refractivity contribution in [2.24, 2.45) is 17.3 Å². The van der Waals surface area contributed by atoms with E-state index in [-0.39, 0.29) is 0 Å². The van der Waals surface area contributed by atoms with Gasteiger partial charge in [0, 0.05) is 13.1 Å². The summed E-state index contributed by atoms with van der Waals surface area (Å²) in [6.45, 7) is 7.42. The van der Waals surface area contributed by atoms with Crippen molar-refractivity contribution in [2.45, 2.75) is 52.4 Å². The zero-order chi connectivity index (χ0) is 13.2. The first-order valence-corrected chi connectivity index (χ1v) is 7.45. The van der Waals surface area contributed by atoms with Crippen molar-refractivity contribution in [3.05, 3.63) is 0 Å². The lowest BCUT2D eigenvalue weighted by Crippen LogP contribution is -2.25. The molecule has 0 aromatic rings. The van der Waals surface area contributed by atoms with Crippen LogP contribution in [0.2, 0.25) is 0 Å². The monoisotopic (exact) mass is 253 g/mol. The number of carboxylic acid groups (broad SMARTS) is 1. The maximum atomic E-state index is 11.0. The predicted octanol–water partition coefficient (Wildman–Crippen LogP) is 3.00. The minimum absolute atomic E-state index is 0.554. The van der Waals surface area contributed by atoms with E-state index in [1.54, 1.807) is 0 Å². The molecule has 2 rings (SSSR count). The van der Waals surface area contributed by atoms with Crippen LogP contribution in [0.4, 0.5) is 0 Å². The summed E-state index contributed by atoms with van der Waals surface area (Å²) < 4.78 is 0. The van der Waals surface area contributed by atoms with E-state index in [9.17, 15) is 4.79 Å². The van der Waals surface area contributed by atoms with Crippen LogP contribution in [0.25, 0.3) is 0 Å². The van der Waals surface area contributed by atoms with Gasteiger partial charge in [-0.1, -0.05) is 12.8 Å². The van der Waals surface area contributed by atoms with E-state index >= 15 is 0 Å². The van der Waals surface area contributed by atoms with Crippen LogP contribution in [0.1, 0.15) is 52.4 Å². The average molecular weight is 253 g/mol. The highest BCUT2D eigenvalue weighted by molar-refractivity contribution is 5.73. The van der Waals surface area contributed by atoms with Crippen LogP contribution < -0.4 is 0 Å². The molecule has 1 saturated heterocycles. The number of fused-ring (bicyclic) bond motifs is 1. The molecule has 2 atom stereocenters. The molecule has 1 heterocycles. The van der Waals surface area contributed by atoms with Crippen molar-refractivity contribution in [3.8, 4) is 0 Å². The summed E-state index contributed by atoms with van der Waals surface area (Å²) in [5.74, 6) is 1.28. The molecule has 104 valence electrons. The molecule has 0 amide bonds. The van der Waals surface area contributed by atoms with E-state index in [1.807, 2.05) is 13.8 Å². The van der Waals surface area contributed by atoms with Crippen LogP contribution in [-0.4, -0.2) is 35.6 Å². The fourth-order valence-corrected chi connectivity index (χ4v) is 3.52. The van der Waals surface area contributed by atoms with Gasteiger partial charge in [-0.25, -0.2) is 0 Å². The third kappa shape index (κ3) is 3.25. The number of rotatable bonds is 6. The van der Waals surface area contributed by atoms with Crippen LogP contribution >= 0.6 is 0 Å². The second-order valence-electron chi connectivity index (χ2n) is 6.86. The molecule has 2 aliphatic rings. The van der Waals surface area contributed by atoms with Gasteiger partial charge in [-0.05, 0) is 57.9 Å². The van der Waals surface area contributed by atoms with Gasteiger partial charge in [0.15, 0.2) is 0 Å². The quantitative estimate of drug-likeness (QED) is 0.740. The number of aliphatic carboxylic acids is 1. The largest absolute Gasteiger partial charge is 0.481 e. The maximum Gasteiger partial charge on any atom is 0.309 e. The topological polar surface area (TPSA) is 40.5 Å². The summed E-state index contributed by atoms with van der Waals surface area (Å²) in [6.07, 6.45) is 7.29. The molecule has 2 unspecified atom stereocenters. The minimum Gasteiger partial charge on any atom is -0.481 e. The Kier molecular flexibility index (Phi) is 4.31. The molecule has 0 radical (unpaired) electrons. The van der Waals surface area contributed by atoms with Crippen LogP contribution in [0.5, 0.6) is 0 Å². The Labute approximate surface area is 111 Å². The number of nitrogens with zero attached hydrogens (tertiary/aromatic N) is 1. The van der Waals surface area contributed by atoms with Gasteiger partial charge in [0.1, 0.15) is 0 Å². The summed E-state index contributed by atoms with van der Waals surface area (Å²) in [5, 5.41) is 9.05. The zero-order valence-electron chi connectivity index (χ0n) is 11.8. The first kappa shape index (κ1) is 13.9. The number of hydrogen-bond donors (Lipinski definition) is 1. The van der Waals surface area contributed by atoms with E-state index in [4.69, 9.17) is 5.11 Å². The second kappa shape index (κ2) is 5.60. The Hall–Kier alpha value is -0.570. The molecule has 18 heavy (non-hydrogen) atoms. The first-order chi connectivity index (χ1) is 8.49. The lowest BCUT2D eigenvalue weighted by atomic mass is 9.87. The first-order valence-electron chi connectivity index (χ1n) is 7.45. The van der Waals surface area contributed by atoms with Crippen molar-refractivity contribution in [1.82, 2.24) is 4.90 Å². The predicted molar refractivity (Wildman–Crippen MR) is 72.5 cm³/mol. The van der Waals surface area contributed by atoms with Gasteiger partial charge in [0.25, 0.3) is 0 Å². The zero-order valence-corrected chi connectivity index (χ0v) is 11.8. The molecule has 3 nitrogen and oxygen atoms in total. The molecular weight excluding hydrogens is 226 g/mol. The molecule has 1 saturated carbocycles. The smallest absolute Gasteiger partial charge is 0.309 e. The molecule has 1 aliphatic carbocycles. The fraction of sp³-hybridized carbons (Fsp3) is 0.933. The number of carbonyl (C=O) groups is 1. The number of likely N-dealkylation sites (tertiary alicyclic amines) is 1. The third-order valence-corrected chi connectivity index (χ3v) is 4.91. The lowest BCUT2D eigenvalue weighted by molar-refractivity contribution is -0.147. The summed E-state index contributed by atoms with van der Waals surface area (Å²) in [7, 11) is 0. The highest BCUT2D eigenvalue weighted by Gasteiger charge is 2.35.